The Morgan fingerprint density at radius 1 is 1.33 bits per heavy atom. The van der Waals surface area contributed by atoms with Gasteiger partial charge < -0.3 is 15.0 Å². The smallest absolute Gasteiger partial charge is 0.383 e. The first-order valence-electron chi connectivity index (χ1n) is 6.88. The van der Waals surface area contributed by atoms with Gasteiger partial charge in [-0.2, -0.15) is 13.2 Å². The second kappa shape index (κ2) is 7.49. The van der Waals surface area contributed by atoms with Crippen LogP contribution in [0.1, 0.15) is 26.3 Å². The topological polar surface area (TPSA) is 37.4 Å². The van der Waals surface area contributed by atoms with Crippen molar-refractivity contribution >= 4 is 11.6 Å². The number of alkyl halides is 3. The standard InChI is InChI=1S/C14H22F3N3O/c1-5-18-12-8-11(14(15,16)17)9-13(19-12)20(10(2)3)6-7-21-4/h8-10H,5-7H2,1-4H3,(H,18,19). The van der Waals surface area contributed by atoms with Crippen molar-refractivity contribution in [1.29, 1.82) is 0 Å². The summed E-state index contributed by atoms with van der Waals surface area (Å²) < 4.78 is 44.0. The predicted molar refractivity (Wildman–Crippen MR) is 77.8 cm³/mol. The van der Waals surface area contributed by atoms with Crippen LogP contribution in [0, 0.1) is 0 Å². The molecule has 0 radical (unpaired) electrons. The van der Waals surface area contributed by atoms with Crippen molar-refractivity contribution in [3.8, 4) is 0 Å². The van der Waals surface area contributed by atoms with Crippen LogP contribution in [0.2, 0.25) is 0 Å². The monoisotopic (exact) mass is 305 g/mol. The van der Waals surface area contributed by atoms with Gasteiger partial charge >= 0.3 is 6.18 Å². The maximum Gasteiger partial charge on any atom is 0.416 e. The molecule has 1 heterocycles. The molecule has 4 nitrogen and oxygen atoms in total. The lowest BCUT2D eigenvalue weighted by Gasteiger charge is -2.28. The zero-order valence-electron chi connectivity index (χ0n) is 12.8. The normalized spacial score (nSPS) is 11.8. The number of nitrogens with one attached hydrogen (secondary N) is 1. The highest BCUT2D eigenvalue weighted by Crippen LogP contribution is 2.33. The molecule has 0 aliphatic heterocycles. The largest absolute Gasteiger partial charge is 0.416 e. The molecule has 1 aromatic heterocycles. The van der Waals surface area contributed by atoms with E-state index < -0.39 is 11.7 Å². The summed E-state index contributed by atoms with van der Waals surface area (Å²) in [4.78, 5) is 6.06. The third-order valence-corrected chi connectivity index (χ3v) is 2.95. The molecular formula is C14H22F3N3O. The van der Waals surface area contributed by atoms with Gasteiger partial charge in [-0.3, -0.25) is 0 Å². The average molecular weight is 305 g/mol. The van der Waals surface area contributed by atoms with Crippen molar-refractivity contribution in [2.24, 2.45) is 0 Å². The van der Waals surface area contributed by atoms with E-state index in [-0.39, 0.29) is 11.9 Å². The van der Waals surface area contributed by atoms with Gasteiger partial charge in [-0.25, -0.2) is 4.98 Å². The van der Waals surface area contributed by atoms with E-state index in [9.17, 15) is 13.2 Å². The van der Waals surface area contributed by atoms with Gasteiger partial charge in [0.2, 0.25) is 0 Å². The fourth-order valence-electron chi connectivity index (χ4n) is 1.93. The van der Waals surface area contributed by atoms with Gasteiger partial charge in [-0.1, -0.05) is 0 Å². The molecule has 0 aliphatic rings. The number of nitrogens with zero attached hydrogens (tertiary/aromatic N) is 2. The van der Waals surface area contributed by atoms with Gasteiger partial charge in [0, 0.05) is 26.2 Å². The lowest BCUT2D eigenvalue weighted by atomic mass is 10.2. The quantitative estimate of drug-likeness (QED) is 0.838. The van der Waals surface area contributed by atoms with Crippen LogP contribution in [-0.4, -0.2) is 37.8 Å². The van der Waals surface area contributed by atoms with E-state index in [2.05, 4.69) is 10.3 Å². The molecule has 0 bridgehead atoms. The molecule has 0 aromatic carbocycles. The second-order valence-corrected chi connectivity index (χ2v) is 4.91. The Hall–Kier alpha value is -1.50. The minimum absolute atomic E-state index is 0.0191. The molecule has 0 aliphatic carbocycles. The molecular weight excluding hydrogens is 283 g/mol. The van der Waals surface area contributed by atoms with Crippen LogP contribution in [0.15, 0.2) is 12.1 Å². The first-order valence-corrected chi connectivity index (χ1v) is 6.88. The highest BCUT2D eigenvalue weighted by Gasteiger charge is 2.32. The third-order valence-electron chi connectivity index (χ3n) is 2.95. The molecule has 7 heteroatoms. The van der Waals surface area contributed by atoms with Crippen molar-refractivity contribution in [1.82, 2.24) is 4.98 Å². The molecule has 1 N–H and O–H groups in total. The second-order valence-electron chi connectivity index (χ2n) is 4.91. The minimum Gasteiger partial charge on any atom is -0.383 e. The Balaban J connectivity index is 3.21. The lowest BCUT2D eigenvalue weighted by Crippen LogP contribution is -2.34. The van der Waals surface area contributed by atoms with E-state index in [4.69, 9.17) is 4.74 Å². The predicted octanol–water partition coefficient (Wildman–Crippen LogP) is 3.39. The number of anilines is 2. The summed E-state index contributed by atoms with van der Waals surface area (Å²) in [6, 6.07) is 2.13. The number of hydrogen-bond donors (Lipinski definition) is 1. The third kappa shape index (κ3) is 5.08. The molecule has 0 saturated carbocycles. The van der Waals surface area contributed by atoms with Crippen LogP contribution in [0.25, 0.3) is 0 Å². The van der Waals surface area contributed by atoms with E-state index in [0.29, 0.717) is 25.5 Å². The highest BCUT2D eigenvalue weighted by atomic mass is 19.4. The SMILES string of the molecule is CCNc1cc(C(F)(F)F)cc(N(CCOC)C(C)C)n1. The first-order chi connectivity index (χ1) is 9.79. The van der Waals surface area contributed by atoms with Gasteiger partial charge in [0.15, 0.2) is 0 Å². The Morgan fingerprint density at radius 2 is 2.00 bits per heavy atom. The molecule has 0 saturated heterocycles. The maximum atomic E-state index is 13.0. The van der Waals surface area contributed by atoms with Crippen molar-refractivity contribution in [3.05, 3.63) is 17.7 Å². The summed E-state index contributed by atoms with van der Waals surface area (Å²) >= 11 is 0. The summed E-state index contributed by atoms with van der Waals surface area (Å²) in [6.45, 7) is 7.04. The van der Waals surface area contributed by atoms with Crippen molar-refractivity contribution < 1.29 is 17.9 Å². The molecule has 120 valence electrons. The van der Waals surface area contributed by atoms with Gasteiger partial charge in [0.25, 0.3) is 0 Å². The van der Waals surface area contributed by atoms with E-state index in [0.717, 1.165) is 12.1 Å². The van der Waals surface area contributed by atoms with E-state index in [1.54, 1.807) is 12.0 Å². The minimum atomic E-state index is -4.40. The van der Waals surface area contributed by atoms with Crippen LogP contribution in [-0.2, 0) is 10.9 Å². The van der Waals surface area contributed by atoms with Crippen molar-refractivity contribution in [2.75, 3.05) is 37.0 Å². The van der Waals surface area contributed by atoms with E-state index in [1.165, 1.54) is 0 Å². The van der Waals surface area contributed by atoms with Gasteiger partial charge in [-0.05, 0) is 32.9 Å². The van der Waals surface area contributed by atoms with Gasteiger partial charge in [0.05, 0.1) is 12.2 Å². The zero-order valence-corrected chi connectivity index (χ0v) is 12.8. The van der Waals surface area contributed by atoms with Crippen LogP contribution in [0.4, 0.5) is 24.8 Å². The van der Waals surface area contributed by atoms with Crippen molar-refractivity contribution in [3.63, 3.8) is 0 Å². The van der Waals surface area contributed by atoms with Gasteiger partial charge in [-0.15, -0.1) is 0 Å². The highest BCUT2D eigenvalue weighted by molar-refractivity contribution is 5.51. The summed E-state index contributed by atoms with van der Waals surface area (Å²) in [5.41, 5.74) is -0.702. The van der Waals surface area contributed by atoms with E-state index >= 15 is 0 Å². The molecule has 0 spiro atoms. The van der Waals surface area contributed by atoms with Crippen LogP contribution < -0.4 is 10.2 Å². The Morgan fingerprint density at radius 3 is 2.48 bits per heavy atom. The molecule has 0 unspecified atom stereocenters. The number of aromatic nitrogens is 1. The zero-order chi connectivity index (χ0) is 16.0. The fourth-order valence-corrected chi connectivity index (χ4v) is 1.93. The van der Waals surface area contributed by atoms with Gasteiger partial charge in [0.1, 0.15) is 11.6 Å². The molecule has 0 atom stereocenters. The number of methoxy groups -OCH3 is 1. The molecule has 1 rings (SSSR count). The Kier molecular flexibility index (Phi) is 6.26. The molecule has 0 fully saturated rings. The van der Waals surface area contributed by atoms with E-state index in [1.807, 2.05) is 20.8 Å². The molecule has 0 amide bonds. The summed E-state index contributed by atoms with van der Waals surface area (Å²) in [6.07, 6.45) is -4.40. The number of ether oxygens (including phenoxy) is 1. The Bertz CT molecular complexity index is 450. The molecule has 1 aromatic rings. The van der Waals surface area contributed by atoms with Crippen molar-refractivity contribution in [2.45, 2.75) is 33.0 Å². The summed E-state index contributed by atoms with van der Waals surface area (Å²) in [5, 5.41) is 2.84. The fraction of sp³-hybridized carbons (Fsp3) is 0.643. The number of hydrogen-bond acceptors (Lipinski definition) is 4. The molecule has 21 heavy (non-hydrogen) atoms. The summed E-state index contributed by atoms with van der Waals surface area (Å²) in [7, 11) is 1.56. The number of rotatable bonds is 7. The average Bonchev–Trinajstić information content (AvgIpc) is 2.38. The maximum absolute atomic E-state index is 13.0. The Labute approximate surface area is 123 Å². The number of halogens is 3. The lowest BCUT2D eigenvalue weighted by molar-refractivity contribution is -0.137. The van der Waals surface area contributed by atoms with Crippen LogP contribution in [0.3, 0.4) is 0 Å². The number of pyridine rings is 1. The van der Waals surface area contributed by atoms with Crippen LogP contribution in [0.5, 0.6) is 0 Å². The summed E-state index contributed by atoms with van der Waals surface area (Å²) in [5.74, 6) is 0.526. The first kappa shape index (κ1) is 17.6. The van der Waals surface area contributed by atoms with Crippen LogP contribution >= 0.6 is 0 Å².